The van der Waals surface area contributed by atoms with E-state index in [1.165, 1.54) is 74.9 Å². The second-order valence-corrected chi connectivity index (χ2v) is 29.1. The Morgan fingerprint density at radius 1 is 0.596 bits per heavy atom. The molecule has 1 atom stereocenters. The van der Waals surface area contributed by atoms with Gasteiger partial charge in [-0.25, -0.2) is 0 Å². The first-order valence-electron chi connectivity index (χ1n) is 16.6. The summed E-state index contributed by atoms with van der Waals surface area (Å²) in [5.41, 5.74) is 14.1. The third-order valence-electron chi connectivity index (χ3n) is 9.87. The average Bonchev–Trinajstić information content (AvgIpc) is 3.66. The van der Waals surface area contributed by atoms with Crippen molar-refractivity contribution >= 4 is 46.3 Å². The van der Waals surface area contributed by atoms with Crippen molar-refractivity contribution in [1.82, 2.24) is 0 Å². The summed E-state index contributed by atoms with van der Waals surface area (Å²) in [6, 6.07) is 50.8. The molecule has 0 spiro atoms. The van der Waals surface area contributed by atoms with Crippen LogP contribution in [-0.4, -0.2) is 9.52 Å². The van der Waals surface area contributed by atoms with Gasteiger partial charge < -0.3 is 0 Å². The molecule has 230 valence electrons. The van der Waals surface area contributed by atoms with Crippen molar-refractivity contribution in [2.24, 2.45) is 5.92 Å². The molecule has 8 rings (SSSR count). The van der Waals surface area contributed by atoms with Gasteiger partial charge in [-0.2, -0.15) is 0 Å². The van der Waals surface area contributed by atoms with Gasteiger partial charge >= 0.3 is 295 Å². The number of fused-ring (bicyclic) bond motifs is 4. The molecule has 4 heteroatoms. The number of rotatable bonds is 7. The summed E-state index contributed by atoms with van der Waals surface area (Å²) in [5, 5.41) is 2.98. The predicted octanol–water partition coefficient (Wildman–Crippen LogP) is 10.1. The summed E-state index contributed by atoms with van der Waals surface area (Å²) in [7, 11) is 15.4. The number of hydrogen-bond acceptors (Lipinski definition) is 0. The predicted molar refractivity (Wildman–Crippen MR) is 204 cm³/mol. The van der Waals surface area contributed by atoms with Crippen LogP contribution in [0, 0.1) is 5.92 Å². The van der Waals surface area contributed by atoms with E-state index in [9.17, 15) is 0 Å². The van der Waals surface area contributed by atoms with Gasteiger partial charge in [-0.1, -0.05) is 0 Å². The SMILES string of the molecule is CC(C)CC1=Cc2c(ccc(-c3ccccc3)c2-c2ccccc2-c2ccccc2)[CH]1[Zr]([Cl])([Cl])[c]1cccc2c1[SiH2]c1ccccc1-2. The van der Waals surface area contributed by atoms with Crippen LogP contribution in [0.25, 0.3) is 50.6 Å². The Kier molecular flexibility index (Phi) is 8.35. The monoisotopic (exact) mass is 740 g/mol. The van der Waals surface area contributed by atoms with Gasteiger partial charge in [-0.05, 0) is 0 Å². The number of hydrogen-bond donors (Lipinski definition) is 0. The summed E-state index contributed by atoms with van der Waals surface area (Å²) in [6.07, 6.45) is 3.46. The van der Waals surface area contributed by atoms with Gasteiger partial charge in [0.2, 0.25) is 0 Å². The van der Waals surface area contributed by atoms with E-state index in [2.05, 4.69) is 159 Å². The molecular formula is C43H36Cl2SiZr. The third-order valence-corrected chi connectivity index (χ3v) is 24.2. The summed E-state index contributed by atoms with van der Waals surface area (Å²) in [5.74, 6) is 0.488. The molecule has 0 amide bonds. The zero-order valence-corrected chi connectivity index (χ0v) is 32.1. The molecule has 0 radical (unpaired) electrons. The Labute approximate surface area is 292 Å². The van der Waals surface area contributed by atoms with Crippen LogP contribution in [0.2, 0.25) is 0 Å². The van der Waals surface area contributed by atoms with Gasteiger partial charge in [0, 0.05) is 0 Å². The van der Waals surface area contributed by atoms with E-state index >= 15 is 0 Å². The fourth-order valence-corrected chi connectivity index (χ4v) is 24.7. The minimum atomic E-state index is -4.13. The van der Waals surface area contributed by atoms with Crippen LogP contribution >= 0.6 is 17.0 Å². The normalized spacial score (nSPS) is 15.4. The maximum atomic E-state index is 8.04. The Morgan fingerprint density at radius 2 is 1.19 bits per heavy atom. The van der Waals surface area contributed by atoms with Gasteiger partial charge in [0.05, 0.1) is 0 Å². The Balaban J connectivity index is 1.37. The molecule has 0 bridgehead atoms. The molecule has 0 aromatic heterocycles. The topological polar surface area (TPSA) is 0 Å². The van der Waals surface area contributed by atoms with Crippen molar-refractivity contribution in [1.29, 1.82) is 0 Å². The van der Waals surface area contributed by atoms with Crippen LogP contribution in [0.1, 0.15) is 35.0 Å². The van der Waals surface area contributed by atoms with Crippen LogP contribution in [0.3, 0.4) is 0 Å². The van der Waals surface area contributed by atoms with Gasteiger partial charge in [0.1, 0.15) is 0 Å². The number of halogens is 2. The van der Waals surface area contributed by atoms with E-state index in [1.807, 2.05) is 0 Å². The maximum absolute atomic E-state index is 8.04. The molecule has 0 nitrogen and oxygen atoms in total. The molecule has 6 aromatic carbocycles. The Hall–Kier alpha value is -3.26. The van der Waals surface area contributed by atoms with E-state index in [1.54, 1.807) is 0 Å². The van der Waals surface area contributed by atoms with E-state index in [4.69, 9.17) is 17.0 Å². The molecule has 2 aliphatic rings. The number of benzene rings is 6. The summed E-state index contributed by atoms with van der Waals surface area (Å²) in [6.45, 7) is 4.62. The van der Waals surface area contributed by atoms with Gasteiger partial charge in [0.25, 0.3) is 0 Å². The van der Waals surface area contributed by atoms with Crippen LogP contribution in [0.4, 0.5) is 0 Å². The first kappa shape index (κ1) is 31.0. The average molecular weight is 743 g/mol. The van der Waals surface area contributed by atoms with Crippen molar-refractivity contribution in [2.45, 2.75) is 23.9 Å². The van der Waals surface area contributed by atoms with Crippen molar-refractivity contribution in [3.05, 3.63) is 156 Å². The first-order valence-corrected chi connectivity index (χ1v) is 27.0. The molecule has 1 unspecified atom stereocenters. The van der Waals surface area contributed by atoms with E-state index in [-0.39, 0.29) is 3.63 Å². The molecule has 0 fully saturated rings. The summed E-state index contributed by atoms with van der Waals surface area (Å²) < 4.78 is 1.33. The van der Waals surface area contributed by atoms with E-state index in [0.29, 0.717) is 5.92 Å². The second-order valence-electron chi connectivity index (χ2n) is 13.3. The third kappa shape index (κ3) is 5.48. The van der Waals surface area contributed by atoms with Gasteiger partial charge in [0.15, 0.2) is 0 Å². The van der Waals surface area contributed by atoms with Crippen molar-refractivity contribution in [3.8, 4) is 44.5 Å². The molecule has 1 heterocycles. The summed E-state index contributed by atoms with van der Waals surface area (Å²) >= 11 is -4.13. The van der Waals surface area contributed by atoms with E-state index in [0.717, 1.165) is 6.42 Å². The minimum absolute atomic E-state index is 0.0432. The summed E-state index contributed by atoms with van der Waals surface area (Å²) in [4.78, 5) is 0. The zero-order chi connectivity index (χ0) is 32.1. The van der Waals surface area contributed by atoms with Crippen LogP contribution in [-0.2, 0) is 17.9 Å². The zero-order valence-electron chi connectivity index (χ0n) is 26.7. The molecule has 0 saturated carbocycles. The van der Waals surface area contributed by atoms with Crippen molar-refractivity contribution in [2.75, 3.05) is 0 Å². The van der Waals surface area contributed by atoms with Crippen molar-refractivity contribution < 1.29 is 17.9 Å². The fraction of sp³-hybridized carbons (Fsp3) is 0.116. The second kappa shape index (κ2) is 12.6. The standard InChI is InChI=1S/C31H27.C12H9Si.2ClH.Zr/c1-22(2)19-23-20-26-17-18-28(25-13-7-4-8-14-25)31(30(26)21-23)29-16-10-9-15-27(29)24-11-5-3-6-12-24;1-3-7-11-9(5-1)10-6-2-4-8-12(10)13-11;;;/h3-18,20-22H,19H2,1-2H3;1-7H,13H2;2*1H;/q;;;;+2/p-2. The molecule has 47 heavy (non-hydrogen) atoms. The Morgan fingerprint density at radius 3 is 1.89 bits per heavy atom. The van der Waals surface area contributed by atoms with Gasteiger partial charge in [-0.15, -0.1) is 0 Å². The Bertz CT molecular complexity index is 2150. The van der Waals surface area contributed by atoms with Crippen LogP contribution < -0.4 is 13.6 Å². The molecule has 0 saturated heterocycles. The molecule has 6 aromatic rings. The fourth-order valence-electron chi connectivity index (χ4n) is 7.93. The number of allylic oxidation sites excluding steroid dienone is 1. The van der Waals surface area contributed by atoms with Crippen molar-refractivity contribution in [3.63, 3.8) is 0 Å². The van der Waals surface area contributed by atoms with Gasteiger partial charge in [-0.3, -0.25) is 0 Å². The molecular weight excluding hydrogens is 707 g/mol. The van der Waals surface area contributed by atoms with Crippen LogP contribution in [0.5, 0.6) is 0 Å². The quantitative estimate of drug-likeness (QED) is 0.143. The molecule has 0 N–H and O–H groups in total. The molecule has 1 aliphatic heterocycles. The van der Waals surface area contributed by atoms with Crippen LogP contribution in [0.15, 0.2) is 145 Å². The first-order chi connectivity index (χ1) is 22.9. The molecule has 1 aliphatic carbocycles. The van der Waals surface area contributed by atoms with E-state index < -0.39 is 27.4 Å².